The first-order chi connectivity index (χ1) is 17.9. The maximum atomic E-state index is 8.35. The van der Waals surface area contributed by atoms with Gasteiger partial charge in [0.25, 0.3) is 0 Å². The lowest BCUT2D eigenvalue weighted by Gasteiger charge is -2.18. The summed E-state index contributed by atoms with van der Waals surface area (Å²) in [4.78, 5) is 50.1. The monoisotopic (exact) mass is 582 g/mol. The van der Waals surface area contributed by atoms with Gasteiger partial charge in [0, 0.05) is 5.92 Å². The zero-order valence-corrected chi connectivity index (χ0v) is 19.2. The van der Waals surface area contributed by atoms with Crippen LogP contribution < -0.4 is 0 Å². The van der Waals surface area contributed by atoms with Gasteiger partial charge in [0.2, 0.25) is 36.5 Å². The van der Waals surface area contributed by atoms with Gasteiger partial charge in [-0.15, -0.1) is 0 Å². The van der Waals surface area contributed by atoms with Gasteiger partial charge in [-0.1, -0.05) is 128 Å². The first-order valence-corrected chi connectivity index (χ1v) is 9.32. The first kappa shape index (κ1) is 60.5. The van der Waals surface area contributed by atoms with Crippen LogP contribution in [0.15, 0.2) is 91.0 Å². The van der Waals surface area contributed by atoms with E-state index >= 15 is 0 Å². The minimum absolute atomic E-state index is 0. The van der Waals surface area contributed by atoms with E-state index in [0.717, 1.165) is 36.5 Å². The fourth-order valence-corrected chi connectivity index (χ4v) is 2.51. The van der Waals surface area contributed by atoms with E-state index in [-0.39, 0.29) is 37.1 Å². The third kappa shape index (κ3) is 41.1. The van der Waals surface area contributed by atoms with Crippen LogP contribution in [0.1, 0.15) is 59.7 Å². The van der Waals surface area contributed by atoms with E-state index in [1.807, 2.05) is 0 Å². The molecule has 0 aliphatic heterocycles. The summed E-state index contributed by atoms with van der Waals surface area (Å²) in [6.45, 7) is 0. The lowest BCUT2D eigenvalue weighted by Crippen LogP contribution is -2.02. The molecule has 42 heavy (non-hydrogen) atoms. The van der Waals surface area contributed by atoms with E-state index in [9.17, 15) is 0 Å². The Morgan fingerprint density at radius 1 is 0.333 bits per heavy atom. The maximum absolute atomic E-state index is 8.35. The van der Waals surface area contributed by atoms with Gasteiger partial charge in [-0.05, 0) is 16.7 Å². The van der Waals surface area contributed by atoms with Gasteiger partial charge in [-0.2, -0.15) is 0 Å². The molecular formula is C30H42N6O6. The molecule has 0 aliphatic carbocycles. The molecule has 0 aliphatic rings. The van der Waals surface area contributed by atoms with Crippen molar-refractivity contribution in [2.24, 2.45) is 0 Å². The molecule has 0 heterocycles. The highest BCUT2D eigenvalue weighted by Crippen LogP contribution is 2.31. The molecule has 3 aromatic rings. The van der Waals surface area contributed by atoms with Crippen molar-refractivity contribution in [3.05, 3.63) is 108 Å². The van der Waals surface area contributed by atoms with Crippen LogP contribution in [0.3, 0.4) is 0 Å². The van der Waals surface area contributed by atoms with E-state index < -0.39 is 0 Å². The van der Waals surface area contributed by atoms with Gasteiger partial charge < -0.3 is 0 Å². The Kier molecular flexibility index (Phi) is 79.8. The van der Waals surface area contributed by atoms with Crippen LogP contribution in [0, 0.1) is 32.5 Å². The number of nitrogens with one attached hydrogen (secondary N) is 6. The van der Waals surface area contributed by atoms with Crippen LogP contribution in [-0.2, 0) is 28.8 Å². The molecule has 0 fully saturated rings. The lowest BCUT2D eigenvalue weighted by molar-refractivity contribution is 0.562. The summed E-state index contributed by atoms with van der Waals surface area (Å²) in [7, 11) is 0. The summed E-state index contributed by atoms with van der Waals surface area (Å²) < 4.78 is 0. The van der Waals surface area contributed by atoms with Crippen molar-refractivity contribution in [3.8, 4) is 0 Å². The van der Waals surface area contributed by atoms with Crippen LogP contribution in [0.25, 0.3) is 0 Å². The largest absolute Gasteiger partial charge is 0.231 e. The minimum atomic E-state index is 0. The summed E-state index contributed by atoms with van der Waals surface area (Å²) in [5.41, 5.74) is 4.00. The van der Waals surface area contributed by atoms with E-state index in [1.165, 1.54) is 16.7 Å². The molecule has 0 amide bonds. The predicted octanol–water partition coefficient (Wildman–Crippen LogP) is 7.45. The van der Waals surface area contributed by atoms with Gasteiger partial charge in [0.05, 0.1) is 0 Å². The molecule has 0 spiro atoms. The van der Waals surface area contributed by atoms with Gasteiger partial charge in [0.15, 0.2) is 0 Å². The molecule has 12 heteroatoms. The van der Waals surface area contributed by atoms with E-state index in [2.05, 4.69) is 91.0 Å². The molecule has 0 aromatic heterocycles. The third-order valence-corrected chi connectivity index (χ3v) is 3.40. The Morgan fingerprint density at radius 2 is 0.452 bits per heavy atom. The number of rotatable bonds is 3. The SMILES string of the molecule is C.C.C.C.C.N=C=O.N=C=O.N=C=O.N=C=O.N=C=O.N=C=O.c1ccc(C(c2ccccc2)c2ccccc2)cc1. The summed E-state index contributed by atoms with van der Waals surface area (Å²) in [5, 5.41) is 32.4. The molecule has 0 saturated carbocycles. The summed E-state index contributed by atoms with van der Waals surface area (Å²) in [6.07, 6.45) is 4.50. The molecule has 0 saturated heterocycles. The first-order valence-electron chi connectivity index (χ1n) is 9.32. The standard InChI is InChI=1S/C19H16.6CHNO.5CH4/c1-4-10-16(11-5-1)19(17-12-6-2-7-13-17)18-14-8-3-9-15-18;6*2-1-3;;;;;/h1-15,19H;6*2H;5*1H4. The second kappa shape index (κ2) is 55.5. The highest BCUT2D eigenvalue weighted by molar-refractivity contribution is 5.42. The molecule has 0 radical (unpaired) electrons. The zero-order chi connectivity index (χ0) is 29.2. The second-order valence-corrected chi connectivity index (χ2v) is 5.28. The second-order valence-electron chi connectivity index (χ2n) is 5.28. The normalized spacial score (nSPS) is 5.93. The molecule has 3 aromatic carbocycles. The number of benzene rings is 3. The van der Waals surface area contributed by atoms with Crippen molar-refractivity contribution >= 4 is 36.5 Å². The smallest absolute Gasteiger partial charge is 0.222 e. The zero-order valence-electron chi connectivity index (χ0n) is 19.2. The molecule has 6 N–H and O–H groups in total. The number of hydrogen-bond acceptors (Lipinski definition) is 12. The van der Waals surface area contributed by atoms with E-state index in [1.54, 1.807) is 0 Å². The van der Waals surface area contributed by atoms with Gasteiger partial charge >= 0.3 is 0 Å². The molecule has 0 unspecified atom stereocenters. The lowest BCUT2D eigenvalue weighted by atomic mass is 9.85. The Bertz CT molecular complexity index is 968. The van der Waals surface area contributed by atoms with Crippen LogP contribution in [0.5, 0.6) is 0 Å². The number of carbonyl (C=O) groups excluding carboxylic acids is 6. The minimum Gasteiger partial charge on any atom is -0.222 e. The number of isocyanates is 6. The Balaban J connectivity index is -0.0000000575. The van der Waals surface area contributed by atoms with Crippen molar-refractivity contribution in [3.63, 3.8) is 0 Å². The van der Waals surface area contributed by atoms with E-state index in [4.69, 9.17) is 61.2 Å². The van der Waals surface area contributed by atoms with Gasteiger partial charge in [-0.3, -0.25) is 0 Å². The molecule has 0 atom stereocenters. The van der Waals surface area contributed by atoms with E-state index in [0.29, 0.717) is 5.92 Å². The molecule has 228 valence electrons. The quantitative estimate of drug-likeness (QED) is 0.104. The van der Waals surface area contributed by atoms with Crippen LogP contribution in [0.4, 0.5) is 0 Å². The third-order valence-electron chi connectivity index (χ3n) is 3.40. The molecule has 0 bridgehead atoms. The Hall–Kier alpha value is -6.06. The molecular weight excluding hydrogens is 540 g/mol. The average Bonchev–Trinajstić information content (AvgIpc) is 2.89. The topological polar surface area (TPSA) is 246 Å². The van der Waals surface area contributed by atoms with Gasteiger partial charge in [-0.25, -0.2) is 61.2 Å². The predicted molar refractivity (Wildman–Crippen MR) is 164 cm³/mol. The fraction of sp³-hybridized carbons (Fsp3) is 0.200. The molecule has 3 rings (SSSR count). The molecule has 12 nitrogen and oxygen atoms in total. The fourth-order valence-electron chi connectivity index (χ4n) is 2.51. The van der Waals surface area contributed by atoms with Crippen LogP contribution >= 0.6 is 0 Å². The highest BCUT2D eigenvalue weighted by Gasteiger charge is 2.15. The Labute approximate surface area is 248 Å². The van der Waals surface area contributed by atoms with Crippen molar-refractivity contribution in [2.75, 3.05) is 0 Å². The highest BCUT2D eigenvalue weighted by atomic mass is 16.1. The summed E-state index contributed by atoms with van der Waals surface area (Å²) in [5.74, 6) is 0.309. The number of hydrogen-bond donors (Lipinski definition) is 6. The average molecular weight is 583 g/mol. The van der Waals surface area contributed by atoms with Crippen molar-refractivity contribution in [2.45, 2.75) is 43.1 Å². The van der Waals surface area contributed by atoms with Crippen LogP contribution in [0.2, 0.25) is 0 Å². The maximum Gasteiger partial charge on any atom is 0.231 e. The van der Waals surface area contributed by atoms with Crippen molar-refractivity contribution < 1.29 is 28.8 Å². The Morgan fingerprint density at radius 3 is 0.571 bits per heavy atom. The van der Waals surface area contributed by atoms with Crippen LogP contribution in [-0.4, -0.2) is 36.5 Å². The van der Waals surface area contributed by atoms with Crippen molar-refractivity contribution in [1.82, 2.24) is 0 Å². The van der Waals surface area contributed by atoms with Crippen molar-refractivity contribution in [1.29, 1.82) is 32.5 Å². The van der Waals surface area contributed by atoms with Gasteiger partial charge in [0.1, 0.15) is 0 Å². The summed E-state index contributed by atoms with van der Waals surface area (Å²) in [6, 6.07) is 32.0. The summed E-state index contributed by atoms with van der Waals surface area (Å²) >= 11 is 0.